The van der Waals surface area contributed by atoms with Crippen molar-refractivity contribution in [3.63, 3.8) is 0 Å². The number of allylic oxidation sites excluding steroid dienone is 1. The monoisotopic (exact) mass is 585 g/mol. The SMILES string of the molecule is CN=C(N)N1C=CC2(CNCCO)CCC3C(O)(COC4CCCC(NC)C4)C(C(=O)O)=C4CC5CCC(C)C43C52C1. The number of aliphatic hydroxyl groups is 2. The maximum atomic E-state index is 13.3. The first kappa shape index (κ1) is 30.1. The van der Waals surface area contributed by atoms with E-state index in [9.17, 15) is 20.1 Å². The first-order valence-electron chi connectivity index (χ1n) is 16.1. The van der Waals surface area contributed by atoms with E-state index in [1.807, 2.05) is 7.05 Å². The van der Waals surface area contributed by atoms with Gasteiger partial charge in [0.05, 0.1) is 24.9 Å². The molecule has 0 amide bonds. The summed E-state index contributed by atoms with van der Waals surface area (Å²) in [5.74, 6) is -0.365. The maximum absolute atomic E-state index is 13.3. The smallest absolute Gasteiger partial charge is 0.334 e. The Balaban J connectivity index is 1.49. The number of hydrogen-bond acceptors (Lipinski definition) is 7. The van der Waals surface area contributed by atoms with Crippen molar-refractivity contribution < 1.29 is 24.9 Å². The second kappa shape index (κ2) is 10.9. The van der Waals surface area contributed by atoms with Gasteiger partial charge in [0.25, 0.3) is 0 Å². The van der Waals surface area contributed by atoms with Crippen LogP contribution < -0.4 is 16.4 Å². The minimum atomic E-state index is -1.56. The molecule has 1 aliphatic heterocycles. The zero-order chi connectivity index (χ0) is 29.9. The molecular formula is C32H51N5O5. The number of carboxylic acid groups (broad SMARTS) is 1. The van der Waals surface area contributed by atoms with Crippen LogP contribution in [0.15, 0.2) is 28.4 Å². The van der Waals surface area contributed by atoms with Crippen LogP contribution in [0.1, 0.15) is 64.7 Å². The Morgan fingerprint density at radius 3 is 2.79 bits per heavy atom. The molecule has 10 heteroatoms. The minimum absolute atomic E-state index is 0.00253. The first-order chi connectivity index (χ1) is 20.1. The van der Waals surface area contributed by atoms with Gasteiger partial charge >= 0.3 is 5.97 Å². The molecule has 6 rings (SSSR count). The van der Waals surface area contributed by atoms with E-state index in [1.54, 1.807) is 7.05 Å². The van der Waals surface area contributed by atoms with E-state index in [-0.39, 0.29) is 53.5 Å². The number of rotatable bonds is 9. The Morgan fingerprint density at radius 1 is 1.26 bits per heavy atom. The number of nitrogens with zero attached hydrogens (tertiary/aromatic N) is 2. The van der Waals surface area contributed by atoms with Gasteiger partial charge in [0.2, 0.25) is 0 Å². The standard InChI is InChI=1S/C32H51N5O5/c1-20-7-8-21-15-24-26(27(39)40)30(41,19-42-23-6-4-5-22(16-23)34-2)25-9-10-29(17-36-12-14-38)11-13-37(28(33)35-3)18-31(21,29)32(20,24)25/h11,13,20-23,25,34,36,38,41H,4-10,12,14-19H2,1-3H3,(H2,33,35)(H,39,40). The fourth-order valence-corrected chi connectivity index (χ4v) is 11.3. The van der Waals surface area contributed by atoms with Gasteiger partial charge in [-0.2, -0.15) is 0 Å². The van der Waals surface area contributed by atoms with Gasteiger partial charge in [-0.15, -0.1) is 0 Å². The summed E-state index contributed by atoms with van der Waals surface area (Å²) in [4.78, 5) is 19.7. The Bertz CT molecular complexity index is 1170. The Hall–Kier alpha value is -1.98. The van der Waals surface area contributed by atoms with Crippen LogP contribution in [0, 0.1) is 34.0 Å². The number of ether oxygens (including phenoxy) is 1. The van der Waals surface area contributed by atoms with Crippen LogP contribution in [0.4, 0.5) is 0 Å². The number of carboxylic acids is 1. The summed E-state index contributed by atoms with van der Waals surface area (Å²) < 4.78 is 6.53. The fraction of sp³-hybridized carbons (Fsp3) is 0.812. The number of guanidine groups is 1. The van der Waals surface area contributed by atoms with Crippen LogP contribution >= 0.6 is 0 Å². The van der Waals surface area contributed by atoms with E-state index in [0.29, 0.717) is 44.5 Å². The molecule has 5 aliphatic carbocycles. The van der Waals surface area contributed by atoms with E-state index in [4.69, 9.17) is 10.5 Å². The van der Waals surface area contributed by atoms with Crippen LogP contribution in [0.5, 0.6) is 0 Å². The van der Waals surface area contributed by atoms with Gasteiger partial charge in [-0.1, -0.05) is 13.0 Å². The lowest BCUT2D eigenvalue weighted by molar-refractivity contribution is -0.221. The summed E-state index contributed by atoms with van der Waals surface area (Å²) in [7, 11) is 3.68. The summed E-state index contributed by atoms with van der Waals surface area (Å²) in [6.45, 7) is 4.20. The molecule has 10 nitrogen and oxygen atoms in total. The number of nitrogens with two attached hydrogens (primary N) is 1. The van der Waals surface area contributed by atoms with E-state index in [0.717, 1.165) is 50.5 Å². The average Bonchev–Trinajstić information content (AvgIpc) is 3.33. The molecule has 4 fully saturated rings. The molecule has 2 spiro atoms. The van der Waals surface area contributed by atoms with Gasteiger partial charge in [0, 0.05) is 61.1 Å². The first-order valence-corrected chi connectivity index (χ1v) is 16.1. The summed E-state index contributed by atoms with van der Waals surface area (Å²) in [6, 6.07) is 0.382. The number of carbonyl (C=O) groups is 1. The highest BCUT2D eigenvalue weighted by Crippen LogP contribution is 2.84. The quantitative estimate of drug-likeness (QED) is 0.135. The second-order valence-electron chi connectivity index (χ2n) is 14.1. The van der Waals surface area contributed by atoms with E-state index in [1.165, 1.54) is 0 Å². The van der Waals surface area contributed by atoms with Gasteiger partial charge in [-0.05, 0) is 82.2 Å². The lowest BCUT2D eigenvalue weighted by Gasteiger charge is -2.70. The van der Waals surface area contributed by atoms with Gasteiger partial charge in [0.15, 0.2) is 5.96 Å². The molecule has 42 heavy (non-hydrogen) atoms. The van der Waals surface area contributed by atoms with Crippen molar-refractivity contribution in [2.45, 2.75) is 82.5 Å². The summed E-state index contributed by atoms with van der Waals surface area (Å²) >= 11 is 0. The molecule has 7 N–H and O–H groups in total. The van der Waals surface area contributed by atoms with E-state index in [2.05, 4.69) is 39.7 Å². The van der Waals surface area contributed by atoms with Crippen molar-refractivity contribution in [2.75, 3.05) is 46.9 Å². The number of aliphatic imine (C=N–C) groups is 1. The van der Waals surface area contributed by atoms with E-state index >= 15 is 0 Å². The number of hydrogen-bond donors (Lipinski definition) is 6. The topological polar surface area (TPSA) is 153 Å². The van der Waals surface area contributed by atoms with E-state index < -0.39 is 17.0 Å². The Kier molecular flexibility index (Phi) is 7.78. The van der Waals surface area contributed by atoms with Crippen molar-refractivity contribution in [1.29, 1.82) is 0 Å². The molecule has 6 aliphatic rings. The molecule has 0 aromatic carbocycles. The molecule has 0 radical (unpaired) electrons. The number of nitrogens with one attached hydrogen (secondary N) is 2. The maximum Gasteiger partial charge on any atom is 0.334 e. The normalized spacial score (nSPS) is 44.4. The van der Waals surface area contributed by atoms with Crippen LogP contribution in [0.2, 0.25) is 0 Å². The van der Waals surface area contributed by atoms with Crippen molar-refractivity contribution >= 4 is 11.9 Å². The van der Waals surface area contributed by atoms with Gasteiger partial charge < -0.3 is 41.3 Å². The molecule has 4 saturated carbocycles. The highest BCUT2D eigenvalue weighted by Gasteiger charge is 2.83. The third-order valence-electron chi connectivity index (χ3n) is 12.8. The van der Waals surface area contributed by atoms with Gasteiger partial charge in [-0.25, -0.2) is 4.79 Å². The minimum Gasteiger partial charge on any atom is -0.478 e. The Labute approximate surface area is 249 Å². The van der Waals surface area contributed by atoms with Crippen molar-refractivity contribution in [3.05, 3.63) is 23.4 Å². The Morgan fingerprint density at radius 2 is 2.07 bits per heavy atom. The molecule has 9 unspecified atom stereocenters. The zero-order valence-corrected chi connectivity index (χ0v) is 25.6. The van der Waals surface area contributed by atoms with Crippen molar-refractivity contribution in [2.24, 2.45) is 44.7 Å². The molecule has 234 valence electrons. The summed E-state index contributed by atoms with van der Waals surface area (Å²) in [6.07, 6.45) is 12.6. The number of aliphatic hydroxyl groups excluding tert-OH is 1. The summed E-state index contributed by atoms with van der Waals surface area (Å²) in [5.41, 5.74) is 4.95. The molecule has 0 saturated heterocycles. The van der Waals surface area contributed by atoms with Crippen molar-refractivity contribution in [1.82, 2.24) is 15.5 Å². The lowest BCUT2D eigenvalue weighted by atomic mass is 9.35. The van der Waals surface area contributed by atoms with Crippen molar-refractivity contribution in [3.8, 4) is 0 Å². The molecular weight excluding hydrogens is 534 g/mol. The largest absolute Gasteiger partial charge is 0.478 e. The van der Waals surface area contributed by atoms with Crippen LogP contribution in [0.25, 0.3) is 0 Å². The second-order valence-corrected chi connectivity index (χ2v) is 14.1. The lowest BCUT2D eigenvalue weighted by Crippen LogP contribution is -2.72. The van der Waals surface area contributed by atoms with Crippen LogP contribution in [-0.4, -0.2) is 96.8 Å². The van der Waals surface area contributed by atoms with Crippen LogP contribution in [-0.2, 0) is 9.53 Å². The molecule has 2 bridgehead atoms. The highest BCUT2D eigenvalue weighted by molar-refractivity contribution is 5.92. The summed E-state index contributed by atoms with van der Waals surface area (Å²) in [5, 5.41) is 40.2. The average molecular weight is 586 g/mol. The third-order valence-corrected chi connectivity index (χ3v) is 12.8. The number of aliphatic carboxylic acids is 1. The molecule has 9 atom stereocenters. The molecule has 1 heterocycles. The zero-order valence-electron chi connectivity index (χ0n) is 25.6. The predicted molar refractivity (Wildman–Crippen MR) is 161 cm³/mol. The molecule has 0 aromatic heterocycles. The predicted octanol–water partition coefficient (Wildman–Crippen LogP) is 1.83. The van der Waals surface area contributed by atoms with Gasteiger partial charge in [-0.3, -0.25) is 4.99 Å². The third kappa shape index (κ3) is 3.87. The van der Waals surface area contributed by atoms with Crippen LogP contribution in [0.3, 0.4) is 0 Å². The molecule has 0 aromatic rings. The fourth-order valence-electron chi connectivity index (χ4n) is 11.3. The highest BCUT2D eigenvalue weighted by atomic mass is 16.5. The van der Waals surface area contributed by atoms with Gasteiger partial charge in [0.1, 0.15) is 5.60 Å².